The van der Waals surface area contributed by atoms with Gasteiger partial charge in [0, 0.05) is 19.4 Å². The Kier molecular flexibility index (Phi) is 2.74. The molecule has 16 heavy (non-hydrogen) atoms. The molecule has 4 heteroatoms. The summed E-state index contributed by atoms with van der Waals surface area (Å²) in [6, 6.07) is 0. The van der Waals surface area contributed by atoms with Gasteiger partial charge >= 0.3 is 5.97 Å². The predicted molar refractivity (Wildman–Crippen MR) is 58.7 cm³/mol. The molecule has 2 heterocycles. The first kappa shape index (κ1) is 11.2. The topological polar surface area (TPSA) is 46.6 Å². The van der Waals surface area contributed by atoms with Crippen LogP contribution in [0.25, 0.3) is 0 Å². The van der Waals surface area contributed by atoms with Crippen molar-refractivity contribution in [2.45, 2.75) is 38.6 Å². The second-order valence-electron chi connectivity index (χ2n) is 4.36. The number of hydrogen-bond acceptors (Lipinski definition) is 3. The molecular formula is C12H17NO3. The molecule has 0 aromatic heterocycles. The molecule has 0 spiro atoms. The lowest BCUT2D eigenvalue weighted by atomic mass is 9.92. The number of amides is 1. The number of rotatable bonds is 2. The highest BCUT2D eigenvalue weighted by Crippen LogP contribution is 2.42. The lowest BCUT2D eigenvalue weighted by Crippen LogP contribution is -2.48. The van der Waals surface area contributed by atoms with E-state index in [0.29, 0.717) is 32.4 Å². The van der Waals surface area contributed by atoms with Crippen molar-refractivity contribution in [1.82, 2.24) is 4.90 Å². The molecule has 0 radical (unpaired) electrons. The van der Waals surface area contributed by atoms with Crippen LogP contribution in [0.4, 0.5) is 0 Å². The Hall–Kier alpha value is -1.32. The van der Waals surface area contributed by atoms with Crippen LogP contribution in [0, 0.1) is 0 Å². The van der Waals surface area contributed by atoms with Crippen molar-refractivity contribution in [2.24, 2.45) is 0 Å². The van der Waals surface area contributed by atoms with Gasteiger partial charge in [-0.1, -0.05) is 11.6 Å². The number of fused-ring (bicyclic) bond motifs is 1. The van der Waals surface area contributed by atoms with Crippen molar-refractivity contribution in [3.05, 3.63) is 11.6 Å². The minimum absolute atomic E-state index is 0.0740. The molecule has 0 bridgehead atoms. The highest BCUT2D eigenvalue weighted by atomic mass is 16.5. The van der Waals surface area contributed by atoms with Gasteiger partial charge in [0.25, 0.3) is 0 Å². The summed E-state index contributed by atoms with van der Waals surface area (Å²) in [5, 5.41) is 0. The summed E-state index contributed by atoms with van der Waals surface area (Å²) in [4.78, 5) is 25.4. The second kappa shape index (κ2) is 3.92. The Bertz CT molecular complexity index is 361. The molecule has 2 fully saturated rings. The number of carbonyl (C=O) groups excluding carboxylic acids is 2. The van der Waals surface area contributed by atoms with E-state index in [1.165, 1.54) is 0 Å². The summed E-state index contributed by atoms with van der Waals surface area (Å²) < 4.78 is 5.11. The van der Waals surface area contributed by atoms with Gasteiger partial charge < -0.3 is 9.64 Å². The Morgan fingerprint density at radius 2 is 2.38 bits per heavy atom. The van der Waals surface area contributed by atoms with E-state index in [1.54, 1.807) is 11.8 Å². The van der Waals surface area contributed by atoms with Gasteiger partial charge in [-0.25, -0.2) is 4.79 Å². The minimum Gasteiger partial charge on any atom is -0.464 e. The van der Waals surface area contributed by atoms with Crippen LogP contribution in [0.5, 0.6) is 0 Å². The number of nitrogens with zero attached hydrogens (tertiary/aromatic N) is 1. The van der Waals surface area contributed by atoms with Crippen molar-refractivity contribution < 1.29 is 14.3 Å². The average molecular weight is 223 g/mol. The highest BCUT2D eigenvalue weighted by Gasteiger charge is 2.56. The second-order valence-corrected chi connectivity index (χ2v) is 4.36. The minimum atomic E-state index is -0.686. The van der Waals surface area contributed by atoms with Crippen LogP contribution >= 0.6 is 0 Å². The summed E-state index contributed by atoms with van der Waals surface area (Å²) >= 11 is 0. The van der Waals surface area contributed by atoms with E-state index < -0.39 is 5.54 Å². The van der Waals surface area contributed by atoms with Gasteiger partial charge in [0.1, 0.15) is 5.54 Å². The van der Waals surface area contributed by atoms with E-state index >= 15 is 0 Å². The number of carbonyl (C=O) groups is 2. The SMILES string of the molecule is CC=C1CN2C(=O)CC[C@@]2(C(=O)OCC)C1. The largest absolute Gasteiger partial charge is 0.464 e. The standard InChI is InChI=1S/C12H17NO3/c1-3-9-7-12(11(15)16-4-2)6-5-10(14)13(12)8-9/h3H,4-8H2,1-2H3/t12-/m0/s1. The molecule has 0 unspecified atom stereocenters. The van der Waals surface area contributed by atoms with E-state index in [0.717, 1.165) is 5.57 Å². The molecule has 2 aliphatic heterocycles. The molecule has 0 N–H and O–H groups in total. The summed E-state index contributed by atoms with van der Waals surface area (Å²) in [5.41, 5.74) is 0.468. The molecule has 1 atom stereocenters. The molecule has 0 aromatic rings. The third-order valence-electron chi connectivity index (χ3n) is 3.51. The molecule has 2 saturated heterocycles. The molecule has 88 valence electrons. The summed E-state index contributed by atoms with van der Waals surface area (Å²) in [6.07, 6.45) is 3.71. The lowest BCUT2D eigenvalue weighted by Gasteiger charge is -2.28. The first-order chi connectivity index (χ1) is 7.64. The van der Waals surface area contributed by atoms with E-state index in [2.05, 4.69) is 0 Å². The monoisotopic (exact) mass is 223 g/mol. The molecule has 0 saturated carbocycles. The van der Waals surface area contributed by atoms with Gasteiger partial charge in [-0.3, -0.25) is 4.79 Å². The molecule has 4 nitrogen and oxygen atoms in total. The first-order valence-corrected chi connectivity index (χ1v) is 5.76. The van der Waals surface area contributed by atoms with Gasteiger partial charge in [-0.15, -0.1) is 0 Å². The molecule has 0 aromatic carbocycles. The predicted octanol–water partition coefficient (Wildman–Crippen LogP) is 1.26. The van der Waals surface area contributed by atoms with Crippen molar-refractivity contribution in [1.29, 1.82) is 0 Å². The zero-order chi connectivity index (χ0) is 11.8. The smallest absolute Gasteiger partial charge is 0.332 e. The number of hydrogen-bond donors (Lipinski definition) is 0. The summed E-state index contributed by atoms with van der Waals surface area (Å²) in [6.45, 7) is 4.70. The van der Waals surface area contributed by atoms with Crippen molar-refractivity contribution in [2.75, 3.05) is 13.2 Å². The third kappa shape index (κ3) is 1.44. The van der Waals surface area contributed by atoms with Crippen LogP contribution in [-0.4, -0.2) is 35.5 Å². The Morgan fingerprint density at radius 3 is 3.00 bits per heavy atom. The lowest BCUT2D eigenvalue weighted by molar-refractivity contribution is -0.157. The summed E-state index contributed by atoms with van der Waals surface area (Å²) in [5.74, 6) is -0.164. The van der Waals surface area contributed by atoms with Crippen LogP contribution in [0.3, 0.4) is 0 Å². The molecule has 0 aliphatic carbocycles. The van der Waals surface area contributed by atoms with Gasteiger partial charge in [-0.05, 0) is 20.3 Å². The molecule has 1 amide bonds. The van der Waals surface area contributed by atoms with Crippen LogP contribution in [0.2, 0.25) is 0 Å². The van der Waals surface area contributed by atoms with Crippen molar-refractivity contribution in [3.8, 4) is 0 Å². The van der Waals surface area contributed by atoms with Gasteiger partial charge in [-0.2, -0.15) is 0 Å². The van der Waals surface area contributed by atoms with Gasteiger partial charge in [0.2, 0.25) is 5.91 Å². The highest BCUT2D eigenvalue weighted by molar-refractivity contribution is 5.93. The van der Waals surface area contributed by atoms with Crippen LogP contribution in [0.1, 0.15) is 33.1 Å². The number of ether oxygens (including phenoxy) is 1. The first-order valence-electron chi connectivity index (χ1n) is 5.76. The van der Waals surface area contributed by atoms with E-state index in [9.17, 15) is 9.59 Å². The molecule has 2 aliphatic rings. The van der Waals surface area contributed by atoms with Crippen LogP contribution in [0.15, 0.2) is 11.6 Å². The van der Waals surface area contributed by atoms with Crippen LogP contribution in [-0.2, 0) is 14.3 Å². The molecule has 2 rings (SSSR count). The average Bonchev–Trinajstić information content (AvgIpc) is 2.78. The van der Waals surface area contributed by atoms with Crippen molar-refractivity contribution >= 4 is 11.9 Å². The number of allylic oxidation sites excluding steroid dienone is 1. The fraction of sp³-hybridized carbons (Fsp3) is 0.667. The zero-order valence-electron chi connectivity index (χ0n) is 9.78. The quantitative estimate of drug-likeness (QED) is 0.523. The Morgan fingerprint density at radius 1 is 1.62 bits per heavy atom. The maximum atomic E-state index is 12.0. The summed E-state index contributed by atoms with van der Waals surface area (Å²) in [7, 11) is 0. The fourth-order valence-corrected chi connectivity index (χ4v) is 2.62. The van der Waals surface area contributed by atoms with E-state index in [1.807, 2.05) is 13.0 Å². The zero-order valence-corrected chi connectivity index (χ0v) is 9.78. The van der Waals surface area contributed by atoms with Gasteiger partial charge in [0.05, 0.1) is 6.61 Å². The normalized spacial score (nSPS) is 31.0. The Labute approximate surface area is 95.2 Å². The van der Waals surface area contributed by atoms with Crippen molar-refractivity contribution in [3.63, 3.8) is 0 Å². The third-order valence-corrected chi connectivity index (χ3v) is 3.51. The number of esters is 1. The fourth-order valence-electron chi connectivity index (χ4n) is 2.62. The van der Waals surface area contributed by atoms with E-state index in [4.69, 9.17) is 4.74 Å². The molecular weight excluding hydrogens is 206 g/mol. The maximum absolute atomic E-state index is 12.0. The Balaban J connectivity index is 2.29. The maximum Gasteiger partial charge on any atom is 0.332 e. The van der Waals surface area contributed by atoms with E-state index in [-0.39, 0.29) is 11.9 Å². The van der Waals surface area contributed by atoms with Gasteiger partial charge in [0.15, 0.2) is 0 Å². The van der Waals surface area contributed by atoms with Crippen LogP contribution < -0.4 is 0 Å².